The number of carboxylic acids is 1. The standard InChI is InChI=1S/C18H35NO5/c1-5-6-7-10-15(20)11-8-9-12-18(23)24-16(13-17(21)22)14-19(2,3)4/h15-16,20H,5-14H2,1-4H3/p+1. The normalized spacial score (nSPS) is 14.2. The minimum absolute atomic E-state index is 0.169. The van der Waals surface area contributed by atoms with Gasteiger partial charge >= 0.3 is 11.9 Å². The lowest BCUT2D eigenvalue weighted by atomic mass is 10.0. The third-order valence-corrected chi connectivity index (χ3v) is 3.76. The van der Waals surface area contributed by atoms with Crippen molar-refractivity contribution < 1.29 is 29.0 Å². The van der Waals surface area contributed by atoms with E-state index in [4.69, 9.17) is 9.84 Å². The molecule has 0 aromatic rings. The number of unbranched alkanes of at least 4 members (excludes halogenated alkanes) is 3. The number of likely N-dealkylation sites (N-methyl/N-ethyl adjacent to an activating group) is 1. The average Bonchev–Trinajstić information content (AvgIpc) is 2.41. The Kier molecular flexibility index (Phi) is 11.7. The van der Waals surface area contributed by atoms with E-state index in [1.807, 2.05) is 21.1 Å². The molecule has 0 bridgehead atoms. The van der Waals surface area contributed by atoms with Crippen LogP contribution in [-0.2, 0) is 14.3 Å². The summed E-state index contributed by atoms with van der Waals surface area (Å²) in [7, 11) is 5.80. The quantitative estimate of drug-likeness (QED) is 0.287. The number of hydrogen-bond donors (Lipinski definition) is 2. The van der Waals surface area contributed by atoms with Crippen LogP contribution in [0, 0.1) is 0 Å². The summed E-state index contributed by atoms with van der Waals surface area (Å²) in [6, 6.07) is 0. The molecule has 6 heteroatoms. The highest BCUT2D eigenvalue weighted by atomic mass is 16.5. The summed E-state index contributed by atoms with van der Waals surface area (Å²) in [5.74, 6) is -1.31. The van der Waals surface area contributed by atoms with Gasteiger partial charge in [0.1, 0.15) is 6.54 Å². The largest absolute Gasteiger partial charge is 0.481 e. The van der Waals surface area contributed by atoms with Gasteiger partial charge in [0, 0.05) is 6.42 Å². The zero-order valence-electron chi connectivity index (χ0n) is 15.8. The summed E-state index contributed by atoms with van der Waals surface area (Å²) in [5.41, 5.74) is 0. The van der Waals surface area contributed by atoms with Crippen LogP contribution in [-0.4, -0.2) is 66.5 Å². The van der Waals surface area contributed by atoms with Gasteiger partial charge in [-0.1, -0.05) is 32.6 Å². The van der Waals surface area contributed by atoms with Gasteiger partial charge in [-0.15, -0.1) is 0 Å². The highest BCUT2D eigenvalue weighted by molar-refractivity contribution is 5.71. The molecule has 0 aliphatic rings. The number of rotatable bonds is 14. The van der Waals surface area contributed by atoms with E-state index in [2.05, 4.69) is 6.92 Å². The molecule has 0 rings (SSSR count). The molecule has 0 fully saturated rings. The average molecular weight is 346 g/mol. The van der Waals surface area contributed by atoms with E-state index < -0.39 is 12.1 Å². The van der Waals surface area contributed by atoms with Crippen LogP contribution in [0.1, 0.15) is 64.7 Å². The topological polar surface area (TPSA) is 83.8 Å². The van der Waals surface area contributed by atoms with Crippen LogP contribution in [0.5, 0.6) is 0 Å². The summed E-state index contributed by atoms with van der Waals surface area (Å²) >= 11 is 0. The van der Waals surface area contributed by atoms with Crippen LogP contribution in [0.15, 0.2) is 0 Å². The van der Waals surface area contributed by atoms with Crippen molar-refractivity contribution in [2.45, 2.75) is 76.9 Å². The van der Waals surface area contributed by atoms with Crippen LogP contribution in [0.2, 0.25) is 0 Å². The van der Waals surface area contributed by atoms with Crippen molar-refractivity contribution in [3.63, 3.8) is 0 Å². The molecule has 0 saturated carbocycles. The van der Waals surface area contributed by atoms with E-state index in [0.717, 1.165) is 32.1 Å². The fourth-order valence-electron chi connectivity index (χ4n) is 2.62. The van der Waals surface area contributed by atoms with Gasteiger partial charge < -0.3 is 19.4 Å². The number of quaternary nitrogens is 1. The van der Waals surface area contributed by atoms with Gasteiger partial charge in [-0.25, -0.2) is 0 Å². The van der Waals surface area contributed by atoms with E-state index in [9.17, 15) is 14.7 Å². The third kappa shape index (κ3) is 14.5. The molecule has 2 atom stereocenters. The number of aliphatic hydroxyl groups is 1. The lowest BCUT2D eigenvalue weighted by molar-refractivity contribution is -0.873. The lowest BCUT2D eigenvalue weighted by Gasteiger charge is -2.28. The first-order chi connectivity index (χ1) is 11.1. The minimum atomic E-state index is -0.962. The molecule has 0 radical (unpaired) electrons. The SMILES string of the molecule is CCCCCC(O)CCCCC(=O)OC(CC(=O)O)C[N+](C)(C)C. The Morgan fingerprint density at radius 2 is 1.62 bits per heavy atom. The molecular weight excluding hydrogens is 310 g/mol. The van der Waals surface area contributed by atoms with Gasteiger partial charge in [-0.2, -0.15) is 0 Å². The second kappa shape index (κ2) is 12.3. The van der Waals surface area contributed by atoms with E-state index in [1.165, 1.54) is 0 Å². The zero-order valence-corrected chi connectivity index (χ0v) is 15.8. The number of aliphatic hydroxyl groups excluding tert-OH is 1. The second-order valence-corrected chi connectivity index (χ2v) is 7.58. The maximum absolute atomic E-state index is 11.9. The number of hydrogen-bond acceptors (Lipinski definition) is 4. The smallest absolute Gasteiger partial charge is 0.307 e. The predicted octanol–water partition coefficient (Wildman–Crippen LogP) is 2.58. The van der Waals surface area contributed by atoms with E-state index >= 15 is 0 Å². The molecular formula is C18H36NO5+. The molecule has 0 aliphatic heterocycles. The molecule has 0 heterocycles. The highest BCUT2D eigenvalue weighted by Gasteiger charge is 2.24. The molecule has 2 N–H and O–H groups in total. The van der Waals surface area contributed by atoms with Crippen LogP contribution >= 0.6 is 0 Å². The summed E-state index contributed by atoms with van der Waals surface area (Å²) in [4.78, 5) is 22.8. The van der Waals surface area contributed by atoms with Crippen molar-refractivity contribution in [2.75, 3.05) is 27.7 Å². The Hall–Kier alpha value is -1.14. The lowest BCUT2D eigenvalue weighted by Crippen LogP contribution is -2.43. The predicted molar refractivity (Wildman–Crippen MR) is 93.6 cm³/mol. The first-order valence-corrected chi connectivity index (χ1v) is 9.03. The molecule has 142 valence electrons. The number of esters is 1. The van der Waals surface area contributed by atoms with Crippen LogP contribution in [0.4, 0.5) is 0 Å². The Morgan fingerprint density at radius 1 is 1.04 bits per heavy atom. The first-order valence-electron chi connectivity index (χ1n) is 9.03. The van der Waals surface area contributed by atoms with Crippen molar-refractivity contribution in [1.82, 2.24) is 0 Å². The molecule has 0 aromatic heterocycles. The Bertz CT molecular complexity index is 365. The Balaban J connectivity index is 4.01. The highest BCUT2D eigenvalue weighted by Crippen LogP contribution is 2.12. The number of carbonyl (C=O) groups is 2. The van der Waals surface area contributed by atoms with Crippen molar-refractivity contribution in [2.24, 2.45) is 0 Å². The van der Waals surface area contributed by atoms with Gasteiger partial charge in [0.25, 0.3) is 0 Å². The van der Waals surface area contributed by atoms with E-state index in [-0.39, 0.29) is 24.9 Å². The van der Waals surface area contributed by atoms with Crippen molar-refractivity contribution >= 4 is 11.9 Å². The Labute approximate surface area is 146 Å². The number of carboxylic acid groups (broad SMARTS) is 1. The van der Waals surface area contributed by atoms with E-state index in [1.54, 1.807) is 0 Å². The fourth-order valence-corrected chi connectivity index (χ4v) is 2.62. The molecule has 0 saturated heterocycles. The monoisotopic (exact) mass is 346 g/mol. The van der Waals surface area contributed by atoms with Crippen LogP contribution < -0.4 is 0 Å². The Morgan fingerprint density at radius 3 is 2.12 bits per heavy atom. The van der Waals surface area contributed by atoms with Crippen molar-refractivity contribution in [1.29, 1.82) is 0 Å². The summed E-state index contributed by atoms with van der Waals surface area (Å²) in [5, 5.41) is 18.8. The summed E-state index contributed by atoms with van der Waals surface area (Å²) in [6.45, 7) is 2.60. The number of carbonyl (C=O) groups excluding carboxylic acids is 1. The summed E-state index contributed by atoms with van der Waals surface area (Å²) in [6.07, 6.45) is 5.50. The van der Waals surface area contributed by atoms with Gasteiger partial charge in [-0.05, 0) is 19.3 Å². The molecule has 0 amide bonds. The van der Waals surface area contributed by atoms with Crippen LogP contribution in [0.3, 0.4) is 0 Å². The van der Waals surface area contributed by atoms with Gasteiger partial charge in [-0.3, -0.25) is 9.59 Å². The zero-order chi connectivity index (χ0) is 18.6. The van der Waals surface area contributed by atoms with Crippen molar-refractivity contribution in [3.8, 4) is 0 Å². The third-order valence-electron chi connectivity index (χ3n) is 3.76. The molecule has 0 spiro atoms. The van der Waals surface area contributed by atoms with Gasteiger partial charge in [0.2, 0.25) is 0 Å². The fraction of sp³-hybridized carbons (Fsp3) is 0.889. The molecule has 24 heavy (non-hydrogen) atoms. The first kappa shape index (κ1) is 22.9. The van der Waals surface area contributed by atoms with Crippen molar-refractivity contribution in [3.05, 3.63) is 0 Å². The maximum atomic E-state index is 11.9. The number of ether oxygens (including phenoxy) is 1. The molecule has 0 aliphatic carbocycles. The summed E-state index contributed by atoms with van der Waals surface area (Å²) < 4.78 is 5.86. The molecule has 0 aromatic carbocycles. The van der Waals surface area contributed by atoms with E-state index in [0.29, 0.717) is 23.9 Å². The minimum Gasteiger partial charge on any atom is -0.481 e. The molecule has 2 unspecified atom stereocenters. The second-order valence-electron chi connectivity index (χ2n) is 7.58. The van der Waals surface area contributed by atoms with Crippen LogP contribution in [0.25, 0.3) is 0 Å². The maximum Gasteiger partial charge on any atom is 0.307 e. The number of nitrogens with zero attached hydrogens (tertiary/aromatic N) is 1. The molecule has 6 nitrogen and oxygen atoms in total. The van der Waals surface area contributed by atoms with Gasteiger partial charge in [0.05, 0.1) is 33.7 Å². The number of aliphatic carboxylic acids is 1. The van der Waals surface area contributed by atoms with Gasteiger partial charge in [0.15, 0.2) is 6.10 Å².